The number of pyridine rings is 1. The van der Waals surface area contributed by atoms with Crippen LogP contribution in [-0.2, 0) is 6.54 Å². The van der Waals surface area contributed by atoms with Crippen molar-refractivity contribution in [3.63, 3.8) is 0 Å². The number of rotatable bonds is 4. The van der Waals surface area contributed by atoms with Crippen LogP contribution in [0.5, 0.6) is 0 Å². The first-order valence-electron chi connectivity index (χ1n) is 5.73. The van der Waals surface area contributed by atoms with Crippen molar-refractivity contribution in [2.75, 3.05) is 0 Å². The van der Waals surface area contributed by atoms with Crippen molar-refractivity contribution in [1.82, 2.24) is 10.3 Å². The summed E-state index contributed by atoms with van der Waals surface area (Å²) in [7, 11) is 0. The Morgan fingerprint density at radius 1 is 1.31 bits per heavy atom. The minimum Gasteiger partial charge on any atom is -0.308 e. The lowest BCUT2D eigenvalue weighted by atomic mass is 10.1. The minimum atomic E-state index is 0.158. The summed E-state index contributed by atoms with van der Waals surface area (Å²) < 4.78 is 0. The van der Waals surface area contributed by atoms with Gasteiger partial charge in [0.25, 0.3) is 0 Å². The molecule has 0 aromatic carbocycles. The number of nitrogens with one attached hydrogen (secondary N) is 1. The van der Waals surface area contributed by atoms with Crippen molar-refractivity contribution in [2.24, 2.45) is 0 Å². The first-order chi connectivity index (χ1) is 7.37. The van der Waals surface area contributed by atoms with Gasteiger partial charge in [-0.1, -0.05) is 19.9 Å². The second-order valence-electron chi connectivity index (χ2n) is 5.27. The highest BCUT2D eigenvalue weighted by atomic mass is 32.2. The Kier molecular flexibility index (Phi) is 4.81. The number of hydrogen-bond donors (Lipinski definition) is 1. The van der Waals surface area contributed by atoms with Crippen molar-refractivity contribution in [1.29, 1.82) is 0 Å². The number of nitrogens with zero attached hydrogens (tertiary/aromatic N) is 1. The maximum absolute atomic E-state index is 4.44. The van der Waals surface area contributed by atoms with E-state index in [1.54, 1.807) is 11.8 Å². The molecule has 0 fully saturated rings. The van der Waals surface area contributed by atoms with Gasteiger partial charge >= 0.3 is 0 Å². The Morgan fingerprint density at radius 2 is 2.00 bits per heavy atom. The fraction of sp³-hybridized carbons (Fsp3) is 0.615. The van der Waals surface area contributed by atoms with Gasteiger partial charge in [0.15, 0.2) is 0 Å². The molecule has 0 aliphatic heterocycles. The number of thioether (sulfide) groups is 1. The fourth-order valence-corrected chi connectivity index (χ4v) is 1.94. The summed E-state index contributed by atoms with van der Waals surface area (Å²) in [5, 5.41) is 5.15. The smallest absolute Gasteiger partial charge is 0.0962 e. The summed E-state index contributed by atoms with van der Waals surface area (Å²) in [6, 6.07) is 4.25. The van der Waals surface area contributed by atoms with Crippen LogP contribution in [0.25, 0.3) is 0 Å². The highest BCUT2D eigenvalue weighted by molar-refractivity contribution is 7.99. The van der Waals surface area contributed by atoms with Crippen LogP contribution in [0.3, 0.4) is 0 Å². The zero-order chi connectivity index (χ0) is 12.2. The monoisotopic (exact) mass is 238 g/mol. The van der Waals surface area contributed by atoms with Crippen LogP contribution >= 0.6 is 11.8 Å². The van der Waals surface area contributed by atoms with Gasteiger partial charge in [-0.15, -0.1) is 11.8 Å². The normalized spacial score (nSPS) is 12.1. The fourth-order valence-electron chi connectivity index (χ4n) is 1.19. The third-order valence-electron chi connectivity index (χ3n) is 1.98. The Morgan fingerprint density at radius 3 is 2.44 bits per heavy atom. The topological polar surface area (TPSA) is 24.9 Å². The second-order valence-corrected chi connectivity index (χ2v) is 6.87. The standard InChI is InChI=1S/C13H22N2S/c1-10(2)16-12-7-6-11(8-14-12)9-15-13(3,4)5/h6-8,10,15H,9H2,1-5H3. The molecule has 0 atom stereocenters. The molecule has 1 heterocycles. The average molecular weight is 238 g/mol. The summed E-state index contributed by atoms with van der Waals surface area (Å²) in [5.74, 6) is 0. The van der Waals surface area contributed by atoms with Crippen LogP contribution in [0.4, 0.5) is 0 Å². The van der Waals surface area contributed by atoms with Gasteiger partial charge < -0.3 is 5.32 Å². The van der Waals surface area contributed by atoms with Gasteiger partial charge in [-0.25, -0.2) is 4.98 Å². The van der Waals surface area contributed by atoms with Gasteiger partial charge in [0.1, 0.15) is 0 Å². The van der Waals surface area contributed by atoms with E-state index >= 15 is 0 Å². The lowest BCUT2D eigenvalue weighted by Gasteiger charge is -2.20. The van der Waals surface area contributed by atoms with E-state index in [0.717, 1.165) is 11.6 Å². The van der Waals surface area contributed by atoms with Crippen LogP contribution in [0, 0.1) is 0 Å². The van der Waals surface area contributed by atoms with E-state index in [9.17, 15) is 0 Å². The molecule has 0 unspecified atom stereocenters. The third kappa shape index (κ3) is 5.52. The molecule has 0 radical (unpaired) electrons. The molecule has 1 N–H and O–H groups in total. The zero-order valence-electron chi connectivity index (χ0n) is 10.9. The summed E-state index contributed by atoms with van der Waals surface area (Å²) in [5.41, 5.74) is 1.40. The molecular weight excluding hydrogens is 216 g/mol. The molecule has 1 rings (SSSR count). The van der Waals surface area contributed by atoms with Crippen molar-refractivity contribution >= 4 is 11.8 Å². The lowest BCUT2D eigenvalue weighted by molar-refractivity contribution is 0.424. The first-order valence-corrected chi connectivity index (χ1v) is 6.61. The molecule has 0 aliphatic carbocycles. The molecule has 90 valence electrons. The highest BCUT2D eigenvalue weighted by Gasteiger charge is 2.08. The van der Waals surface area contributed by atoms with E-state index in [0.29, 0.717) is 5.25 Å². The van der Waals surface area contributed by atoms with E-state index < -0.39 is 0 Å². The highest BCUT2D eigenvalue weighted by Crippen LogP contribution is 2.20. The average Bonchev–Trinajstić information content (AvgIpc) is 2.14. The molecule has 0 saturated carbocycles. The third-order valence-corrected chi connectivity index (χ3v) is 2.93. The molecule has 0 bridgehead atoms. The van der Waals surface area contributed by atoms with Gasteiger partial charge in [-0.3, -0.25) is 0 Å². The predicted octanol–water partition coefficient (Wildman–Crippen LogP) is 3.47. The maximum Gasteiger partial charge on any atom is 0.0962 e. The number of hydrogen-bond acceptors (Lipinski definition) is 3. The summed E-state index contributed by atoms with van der Waals surface area (Å²) in [6.45, 7) is 11.8. The van der Waals surface area contributed by atoms with E-state index in [-0.39, 0.29) is 5.54 Å². The van der Waals surface area contributed by atoms with Crippen molar-refractivity contribution in [3.05, 3.63) is 23.9 Å². The summed E-state index contributed by atoms with van der Waals surface area (Å²) in [6.07, 6.45) is 1.96. The van der Waals surface area contributed by atoms with Crippen LogP contribution in [0.1, 0.15) is 40.2 Å². The molecule has 0 amide bonds. The van der Waals surface area contributed by atoms with Crippen molar-refractivity contribution in [3.8, 4) is 0 Å². The number of aromatic nitrogens is 1. The van der Waals surface area contributed by atoms with Gasteiger partial charge in [0.05, 0.1) is 5.03 Å². The van der Waals surface area contributed by atoms with E-state index in [1.165, 1.54) is 5.56 Å². The van der Waals surface area contributed by atoms with Gasteiger partial charge in [-0.05, 0) is 32.4 Å². The molecular formula is C13H22N2S. The van der Waals surface area contributed by atoms with Crippen molar-refractivity contribution in [2.45, 2.75) is 57.0 Å². The largest absolute Gasteiger partial charge is 0.308 e. The van der Waals surface area contributed by atoms with Gasteiger partial charge in [0, 0.05) is 23.5 Å². The van der Waals surface area contributed by atoms with E-state index in [4.69, 9.17) is 0 Å². The Balaban J connectivity index is 2.51. The van der Waals surface area contributed by atoms with Crippen molar-refractivity contribution < 1.29 is 0 Å². The Labute approximate surface area is 103 Å². The van der Waals surface area contributed by atoms with Crippen LogP contribution < -0.4 is 5.32 Å². The summed E-state index contributed by atoms with van der Waals surface area (Å²) >= 11 is 1.80. The molecule has 16 heavy (non-hydrogen) atoms. The van der Waals surface area contributed by atoms with Crippen LogP contribution in [0.15, 0.2) is 23.4 Å². The Hall–Kier alpha value is -0.540. The van der Waals surface area contributed by atoms with E-state index in [2.05, 4.69) is 57.1 Å². The molecule has 3 heteroatoms. The van der Waals surface area contributed by atoms with Gasteiger partial charge in [0.2, 0.25) is 0 Å². The van der Waals surface area contributed by atoms with Crippen LogP contribution in [0.2, 0.25) is 0 Å². The molecule has 0 spiro atoms. The molecule has 0 saturated heterocycles. The molecule has 1 aromatic rings. The van der Waals surface area contributed by atoms with Gasteiger partial charge in [-0.2, -0.15) is 0 Å². The lowest BCUT2D eigenvalue weighted by Crippen LogP contribution is -2.35. The summed E-state index contributed by atoms with van der Waals surface area (Å²) in [4.78, 5) is 4.44. The predicted molar refractivity (Wildman–Crippen MR) is 71.8 cm³/mol. The molecule has 2 nitrogen and oxygen atoms in total. The Bertz CT molecular complexity index is 312. The minimum absolute atomic E-state index is 0.158. The maximum atomic E-state index is 4.44. The zero-order valence-corrected chi connectivity index (χ0v) is 11.7. The first kappa shape index (κ1) is 13.5. The van der Waals surface area contributed by atoms with Crippen LogP contribution in [-0.4, -0.2) is 15.8 Å². The second kappa shape index (κ2) is 5.69. The SMILES string of the molecule is CC(C)Sc1ccc(CNC(C)(C)C)cn1. The molecule has 0 aliphatic rings. The molecule has 1 aromatic heterocycles. The quantitative estimate of drug-likeness (QED) is 0.813. The van der Waals surface area contributed by atoms with E-state index in [1.807, 2.05) is 6.20 Å².